The Hall–Kier alpha value is -1.30. The molecule has 0 aromatic heterocycles. The van der Waals surface area contributed by atoms with Gasteiger partial charge in [-0.15, -0.1) is 0 Å². The third kappa shape index (κ3) is 10.1. The second-order valence-electron chi connectivity index (χ2n) is 6.46. The molecule has 0 fully saturated rings. The number of ether oxygens (including phenoxy) is 2. The van der Waals surface area contributed by atoms with Crippen molar-refractivity contribution in [3.05, 3.63) is 0 Å². The summed E-state index contributed by atoms with van der Waals surface area (Å²) in [7, 11) is 0. The van der Waals surface area contributed by atoms with Crippen molar-refractivity contribution in [3.8, 4) is 0 Å². The number of amides is 1. The summed E-state index contributed by atoms with van der Waals surface area (Å²) in [6, 6.07) is -0.552. The van der Waals surface area contributed by atoms with Gasteiger partial charge in [-0.2, -0.15) is 0 Å². The number of hydrogen-bond donors (Lipinski definition) is 2. The summed E-state index contributed by atoms with van der Waals surface area (Å²) in [6.07, 6.45) is -1.21. The molecule has 0 heterocycles. The van der Waals surface area contributed by atoms with Crippen LogP contribution in [0.3, 0.4) is 0 Å². The van der Waals surface area contributed by atoms with E-state index in [1.54, 1.807) is 27.7 Å². The highest BCUT2D eigenvalue weighted by atomic mass is 16.6. The largest absolute Gasteiger partial charge is 0.466 e. The maximum Gasteiger partial charge on any atom is 0.407 e. The van der Waals surface area contributed by atoms with Gasteiger partial charge in [-0.3, -0.25) is 4.79 Å². The Balaban J connectivity index is 4.63. The third-order valence-corrected chi connectivity index (χ3v) is 2.57. The molecule has 0 aliphatic rings. The second kappa shape index (κ2) is 8.87. The van der Waals surface area contributed by atoms with E-state index < -0.39 is 29.8 Å². The number of nitrogens with one attached hydrogen (secondary N) is 1. The highest BCUT2D eigenvalue weighted by Crippen LogP contribution is 2.13. The molecule has 6 heteroatoms. The smallest absolute Gasteiger partial charge is 0.407 e. The Morgan fingerprint density at radius 1 is 1.24 bits per heavy atom. The topological polar surface area (TPSA) is 84.9 Å². The minimum absolute atomic E-state index is 0.152. The van der Waals surface area contributed by atoms with Gasteiger partial charge in [0.05, 0.1) is 25.2 Å². The van der Waals surface area contributed by atoms with E-state index in [4.69, 9.17) is 9.47 Å². The highest BCUT2D eigenvalue weighted by molar-refractivity contribution is 5.71. The Morgan fingerprint density at radius 2 is 1.81 bits per heavy atom. The van der Waals surface area contributed by atoms with E-state index in [1.165, 1.54) is 0 Å². The molecule has 0 saturated heterocycles. The van der Waals surface area contributed by atoms with Crippen LogP contribution in [-0.4, -0.2) is 41.5 Å². The second-order valence-corrected chi connectivity index (χ2v) is 6.46. The molecule has 0 unspecified atom stereocenters. The van der Waals surface area contributed by atoms with Crippen LogP contribution >= 0.6 is 0 Å². The predicted octanol–water partition coefficient (Wildman–Crippen LogP) is 2.24. The van der Waals surface area contributed by atoms with Crippen LogP contribution in [0.5, 0.6) is 0 Å². The van der Waals surface area contributed by atoms with Gasteiger partial charge in [0, 0.05) is 0 Å². The first-order chi connectivity index (χ1) is 9.55. The van der Waals surface area contributed by atoms with Crippen molar-refractivity contribution in [3.63, 3.8) is 0 Å². The zero-order valence-corrected chi connectivity index (χ0v) is 13.9. The van der Waals surface area contributed by atoms with Crippen molar-refractivity contribution in [1.29, 1.82) is 0 Å². The molecule has 1 amide bonds. The van der Waals surface area contributed by atoms with E-state index in [0.717, 1.165) is 0 Å². The molecule has 124 valence electrons. The van der Waals surface area contributed by atoms with E-state index in [2.05, 4.69) is 5.32 Å². The number of aliphatic hydroxyl groups excluding tert-OH is 1. The standard InChI is InChI=1S/C15H29NO5/c1-7-20-13(18)9-12(17)11(8-10(2)3)16-14(19)21-15(4,5)6/h10-12,17H,7-9H2,1-6H3,(H,16,19)/t11-,12+/m1/s1. The van der Waals surface area contributed by atoms with Crippen molar-refractivity contribution in [2.75, 3.05) is 6.61 Å². The van der Waals surface area contributed by atoms with Gasteiger partial charge in [0.1, 0.15) is 5.60 Å². The Bertz CT molecular complexity index is 335. The van der Waals surface area contributed by atoms with Gasteiger partial charge in [-0.25, -0.2) is 4.79 Å². The average Bonchev–Trinajstić information content (AvgIpc) is 2.24. The fourth-order valence-electron chi connectivity index (χ4n) is 1.81. The zero-order chi connectivity index (χ0) is 16.6. The zero-order valence-electron chi connectivity index (χ0n) is 13.9. The van der Waals surface area contributed by atoms with Crippen LogP contribution in [0.1, 0.15) is 54.4 Å². The fourth-order valence-corrected chi connectivity index (χ4v) is 1.81. The summed E-state index contributed by atoms with van der Waals surface area (Å²) in [5.74, 6) is -0.230. The molecule has 0 rings (SSSR count). The van der Waals surface area contributed by atoms with E-state index in [9.17, 15) is 14.7 Å². The number of aliphatic hydroxyl groups is 1. The molecule has 0 aliphatic heterocycles. The van der Waals surface area contributed by atoms with E-state index in [-0.39, 0.29) is 18.9 Å². The van der Waals surface area contributed by atoms with Crippen LogP contribution < -0.4 is 5.32 Å². The highest BCUT2D eigenvalue weighted by Gasteiger charge is 2.27. The van der Waals surface area contributed by atoms with Crippen LogP contribution in [0, 0.1) is 5.92 Å². The predicted molar refractivity (Wildman–Crippen MR) is 79.9 cm³/mol. The molecule has 0 radical (unpaired) electrons. The van der Waals surface area contributed by atoms with Gasteiger partial charge in [-0.05, 0) is 40.0 Å². The van der Waals surface area contributed by atoms with Gasteiger partial charge in [0.15, 0.2) is 0 Å². The summed E-state index contributed by atoms with van der Waals surface area (Å²) in [6.45, 7) is 11.2. The fraction of sp³-hybridized carbons (Fsp3) is 0.867. The summed E-state index contributed by atoms with van der Waals surface area (Å²) >= 11 is 0. The van der Waals surface area contributed by atoms with Crippen LogP contribution in [0.15, 0.2) is 0 Å². The first-order valence-electron chi connectivity index (χ1n) is 7.38. The number of carbonyl (C=O) groups excluding carboxylic acids is 2. The van der Waals surface area contributed by atoms with Crippen LogP contribution in [0.4, 0.5) is 4.79 Å². The lowest BCUT2D eigenvalue weighted by Crippen LogP contribution is -2.46. The van der Waals surface area contributed by atoms with Crippen molar-refractivity contribution in [2.45, 2.75) is 72.1 Å². The van der Waals surface area contributed by atoms with Crippen LogP contribution in [0.2, 0.25) is 0 Å². The third-order valence-electron chi connectivity index (χ3n) is 2.57. The normalized spacial score (nSPS) is 14.5. The van der Waals surface area contributed by atoms with E-state index in [0.29, 0.717) is 6.42 Å². The molecule has 6 nitrogen and oxygen atoms in total. The number of hydrogen-bond acceptors (Lipinski definition) is 5. The van der Waals surface area contributed by atoms with Crippen molar-refractivity contribution < 1.29 is 24.2 Å². The number of carbonyl (C=O) groups is 2. The first kappa shape index (κ1) is 19.7. The minimum atomic E-state index is -1.00. The maximum absolute atomic E-state index is 11.8. The lowest BCUT2D eigenvalue weighted by atomic mass is 9.97. The first-order valence-corrected chi connectivity index (χ1v) is 7.38. The van der Waals surface area contributed by atoms with Gasteiger partial charge >= 0.3 is 12.1 Å². The molecule has 0 aromatic carbocycles. The van der Waals surface area contributed by atoms with E-state index in [1.807, 2.05) is 13.8 Å². The van der Waals surface area contributed by atoms with Crippen LogP contribution in [-0.2, 0) is 14.3 Å². The van der Waals surface area contributed by atoms with Crippen molar-refractivity contribution in [1.82, 2.24) is 5.32 Å². The minimum Gasteiger partial charge on any atom is -0.466 e. The molecular formula is C15H29NO5. The number of alkyl carbamates (subject to hydrolysis) is 1. The number of rotatable bonds is 7. The van der Waals surface area contributed by atoms with Gasteiger partial charge in [0.2, 0.25) is 0 Å². The lowest BCUT2D eigenvalue weighted by molar-refractivity contribution is -0.145. The Labute approximate surface area is 127 Å². The molecule has 0 aliphatic carbocycles. The summed E-state index contributed by atoms with van der Waals surface area (Å²) in [4.78, 5) is 23.2. The van der Waals surface area contributed by atoms with Crippen molar-refractivity contribution in [2.24, 2.45) is 5.92 Å². The molecule has 2 N–H and O–H groups in total. The SMILES string of the molecule is CCOC(=O)C[C@H](O)[C@@H](CC(C)C)NC(=O)OC(C)(C)C. The Kier molecular flexibility index (Phi) is 8.32. The molecule has 0 bridgehead atoms. The monoisotopic (exact) mass is 303 g/mol. The summed E-state index contributed by atoms with van der Waals surface area (Å²) in [5, 5.41) is 12.8. The van der Waals surface area contributed by atoms with Gasteiger partial charge < -0.3 is 19.9 Å². The maximum atomic E-state index is 11.8. The summed E-state index contributed by atoms with van der Waals surface area (Å²) in [5.41, 5.74) is -0.613. The molecule has 2 atom stereocenters. The summed E-state index contributed by atoms with van der Waals surface area (Å²) < 4.78 is 9.99. The van der Waals surface area contributed by atoms with Gasteiger partial charge in [0.25, 0.3) is 0 Å². The van der Waals surface area contributed by atoms with Gasteiger partial charge in [-0.1, -0.05) is 13.8 Å². The van der Waals surface area contributed by atoms with Crippen molar-refractivity contribution >= 4 is 12.1 Å². The molecule has 0 aromatic rings. The molecule has 0 spiro atoms. The molecule has 21 heavy (non-hydrogen) atoms. The Morgan fingerprint density at radius 3 is 2.24 bits per heavy atom. The molecule has 0 saturated carbocycles. The van der Waals surface area contributed by atoms with E-state index >= 15 is 0 Å². The van der Waals surface area contributed by atoms with Crippen LogP contribution in [0.25, 0.3) is 0 Å². The number of esters is 1. The quantitative estimate of drug-likeness (QED) is 0.705. The lowest BCUT2D eigenvalue weighted by Gasteiger charge is -2.27. The molecular weight excluding hydrogens is 274 g/mol. The average molecular weight is 303 g/mol.